The molecule has 1 rings (SSSR count). The van der Waals surface area contributed by atoms with E-state index in [1.54, 1.807) is 6.21 Å². The van der Waals surface area contributed by atoms with Gasteiger partial charge in [-0.2, -0.15) is 0 Å². The quantitative estimate of drug-likeness (QED) is 0.723. The van der Waals surface area contributed by atoms with Crippen LogP contribution in [0.4, 0.5) is 0 Å². The fourth-order valence-electron chi connectivity index (χ4n) is 1.17. The fraction of sp³-hybridized carbons (Fsp3) is 0.231. The molecule has 3 heteroatoms. The molecule has 0 spiro atoms. The van der Waals surface area contributed by atoms with E-state index in [9.17, 15) is 0 Å². The van der Waals surface area contributed by atoms with E-state index in [1.807, 2.05) is 31.2 Å². The van der Waals surface area contributed by atoms with Crippen LogP contribution in [0.25, 0.3) is 0 Å². The first-order valence-corrected chi connectivity index (χ1v) is 5.98. The Morgan fingerprint density at radius 1 is 1.62 bits per heavy atom. The minimum absolute atomic E-state index is 0.540. The summed E-state index contributed by atoms with van der Waals surface area (Å²) in [5, 5.41) is 8.49. The van der Waals surface area contributed by atoms with Gasteiger partial charge in [0.15, 0.2) is 0 Å². The smallest absolute Gasteiger partial charge is 0.0965 e. The van der Waals surface area contributed by atoms with Crippen LogP contribution in [0.15, 0.2) is 52.4 Å². The number of nitrogens with one attached hydrogen (secondary N) is 1. The van der Waals surface area contributed by atoms with Gasteiger partial charge in [-0.1, -0.05) is 36.6 Å². The molecule has 1 N–H and O–H groups in total. The predicted octanol–water partition coefficient (Wildman–Crippen LogP) is 3.74. The van der Waals surface area contributed by atoms with E-state index >= 15 is 0 Å². The minimum atomic E-state index is 0.540. The van der Waals surface area contributed by atoms with Crippen LogP contribution in [-0.4, -0.2) is 17.8 Å². The van der Waals surface area contributed by atoms with Crippen molar-refractivity contribution >= 4 is 23.0 Å². The molecule has 0 aromatic rings. The van der Waals surface area contributed by atoms with Gasteiger partial charge < -0.3 is 0 Å². The first kappa shape index (κ1) is 12.7. The lowest BCUT2D eigenvalue weighted by atomic mass is 10.2. The van der Waals surface area contributed by atoms with Crippen molar-refractivity contribution in [2.24, 2.45) is 4.99 Å². The number of allylic oxidation sites excluding steroid dienone is 5. The molecule has 0 aliphatic carbocycles. The van der Waals surface area contributed by atoms with Gasteiger partial charge in [-0.3, -0.25) is 10.4 Å². The molecule has 1 heterocycles. The lowest BCUT2D eigenvalue weighted by molar-refractivity contribution is 1.18. The number of hydrogen-bond donors (Lipinski definition) is 1. The maximum absolute atomic E-state index is 7.95. The molecule has 0 saturated heterocycles. The van der Waals surface area contributed by atoms with Crippen molar-refractivity contribution in [3.8, 4) is 0 Å². The molecule has 0 atom stereocenters. The molecule has 0 aromatic heterocycles. The molecule has 0 fully saturated rings. The molecule has 1 aliphatic heterocycles. The third kappa shape index (κ3) is 4.45. The fourth-order valence-corrected chi connectivity index (χ4v) is 1.86. The third-order valence-electron chi connectivity index (χ3n) is 2.00. The van der Waals surface area contributed by atoms with Crippen LogP contribution < -0.4 is 0 Å². The van der Waals surface area contributed by atoms with Crippen molar-refractivity contribution in [1.82, 2.24) is 0 Å². The van der Waals surface area contributed by atoms with Gasteiger partial charge in [0.25, 0.3) is 0 Å². The molecule has 0 saturated carbocycles. The largest absolute Gasteiger partial charge is 0.293 e. The van der Waals surface area contributed by atoms with Gasteiger partial charge in [-0.15, -0.1) is 0 Å². The van der Waals surface area contributed by atoms with Crippen LogP contribution in [-0.2, 0) is 0 Å². The van der Waals surface area contributed by atoms with Crippen LogP contribution in [0, 0.1) is 5.41 Å². The molecule has 0 bridgehead atoms. The average Bonchev–Trinajstić information content (AvgIpc) is 2.32. The predicted molar refractivity (Wildman–Crippen MR) is 74.5 cm³/mol. The summed E-state index contributed by atoms with van der Waals surface area (Å²) in [6, 6.07) is 0. The maximum Gasteiger partial charge on any atom is 0.0965 e. The monoisotopic (exact) mass is 232 g/mol. The van der Waals surface area contributed by atoms with E-state index in [2.05, 4.69) is 17.6 Å². The Morgan fingerprint density at radius 2 is 2.44 bits per heavy atom. The Labute approximate surface area is 101 Å². The van der Waals surface area contributed by atoms with E-state index < -0.39 is 0 Å². The van der Waals surface area contributed by atoms with Crippen molar-refractivity contribution in [3.63, 3.8) is 0 Å². The highest BCUT2D eigenvalue weighted by Crippen LogP contribution is 2.21. The van der Waals surface area contributed by atoms with Crippen LogP contribution in [0.5, 0.6) is 0 Å². The molecule has 84 valence electrons. The van der Waals surface area contributed by atoms with E-state index in [0.717, 1.165) is 16.9 Å². The highest BCUT2D eigenvalue weighted by molar-refractivity contribution is 8.17. The molecule has 0 amide bonds. The highest BCUT2D eigenvalue weighted by Gasteiger charge is 2.06. The van der Waals surface area contributed by atoms with Crippen molar-refractivity contribution in [2.75, 3.05) is 6.54 Å². The van der Waals surface area contributed by atoms with E-state index in [4.69, 9.17) is 5.41 Å². The molecule has 0 aromatic carbocycles. The molecule has 16 heavy (non-hydrogen) atoms. The number of rotatable bonds is 2. The number of thioether (sulfide) groups is 1. The van der Waals surface area contributed by atoms with Crippen molar-refractivity contribution in [2.45, 2.75) is 13.3 Å². The first-order chi connectivity index (χ1) is 7.74. The van der Waals surface area contributed by atoms with Crippen molar-refractivity contribution in [1.29, 1.82) is 5.41 Å². The molecule has 0 unspecified atom stereocenters. The Hall–Kier alpha value is -1.35. The first-order valence-electron chi connectivity index (χ1n) is 5.16. The Morgan fingerprint density at radius 3 is 3.19 bits per heavy atom. The van der Waals surface area contributed by atoms with E-state index in [1.165, 1.54) is 11.8 Å². The van der Waals surface area contributed by atoms with Gasteiger partial charge in [0.05, 0.1) is 11.6 Å². The summed E-state index contributed by atoms with van der Waals surface area (Å²) in [5.74, 6) is 0. The summed E-state index contributed by atoms with van der Waals surface area (Å²) < 4.78 is 0. The molecule has 1 aliphatic rings. The molecular formula is C13H16N2S. The summed E-state index contributed by atoms with van der Waals surface area (Å²) in [6.07, 6.45) is 12.5. The normalized spacial score (nSPS) is 20.2. The lowest BCUT2D eigenvalue weighted by Crippen LogP contribution is -2.00. The third-order valence-corrected chi connectivity index (χ3v) is 2.86. The topological polar surface area (TPSA) is 36.2 Å². The summed E-state index contributed by atoms with van der Waals surface area (Å²) >= 11 is 1.38. The summed E-state index contributed by atoms with van der Waals surface area (Å²) in [5.41, 5.74) is 0.962. The second kappa shape index (κ2) is 7.01. The second-order valence-electron chi connectivity index (χ2n) is 3.28. The van der Waals surface area contributed by atoms with Crippen molar-refractivity contribution < 1.29 is 0 Å². The Balaban J connectivity index is 2.79. The van der Waals surface area contributed by atoms with E-state index in [0.29, 0.717) is 11.6 Å². The Bertz CT molecular complexity index is 387. The van der Waals surface area contributed by atoms with Gasteiger partial charge in [0.1, 0.15) is 0 Å². The zero-order valence-electron chi connectivity index (χ0n) is 9.44. The second-order valence-corrected chi connectivity index (χ2v) is 4.42. The van der Waals surface area contributed by atoms with Crippen LogP contribution in [0.1, 0.15) is 13.3 Å². The lowest BCUT2D eigenvalue weighted by Gasteiger charge is -2.05. The Kier molecular flexibility index (Phi) is 5.57. The SMILES string of the molecule is C=C1C=CC=NC/C(=C/CC=CC)C(=N)S1. The van der Waals surface area contributed by atoms with Gasteiger partial charge in [0, 0.05) is 16.7 Å². The van der Waals surface area contributed by atoms with Gasteiger partial charge in [-0.25, -0.2) is 0 Å². The zero-order chi connectivity index (χ0) is 11.8. The van der Waals surface area contributed by atoms with Gasteiger partial charge in [-0.05, 0) is 25.5 Å². The van der Waals surface area contributed by atoms with Crippen molar-refractivity contribution in [3.05, 3.63) is 47.4 Å². The standard InChI is InChI=1S/C13H16N2S/c1-3-4-5-8-12-10-15-9-6-7-11(2)16-13(12)14/h3-4,6-9,14H,2,5,10H2,1H3/b4-3?,7-6?,12-8-,14-13?,15-9?. The number of nitrogens with zero attached hydrogens (tertiary/aromatic N) is 1. The van der Waals surface area contributed by atoms with Crippen LogP contribution >= 0.6 is 11.8 Å². The van der Waals surface area contributed by atoms with Gasteiger partial charge >= 0.3 is 0 Å². The number of aliphatic imine (C=N–C) groups is 1. The number of hydrogen-bond acceptors (Lipinski definition) is 3. The average molecular weight is 232 g/mol. The molecule has 2 nitrogen and oxygen atoms in total. The van der Waals surface area contributed by atoms with E-state index in [-0.39, 0.29) is 0 Å². The zero-order valence-corrected chi connectivity index (χ0v) is 10.3. The van der Waals surface area contributed by atoms with Gasteiger partial charge in [0.2, 0.25) is 0 Å². The van der Waals surface area contributed by atoms with Crippen LogP contribution in [0.3, 0.4) is 0 Å². The minimum Gasteiger partial charge on any atom is -0.293 e. The summed E-state index contributed by atoms with van der Waals surface area (Å²) in [7, 11) is 0. The molecular weight excluding hydrogens is 216 g/mol. The molecule has 0 radical (unpaired) electrons. The van der Waals surface area contributed by atoms with Crippen LogP contribution in [0.2, 0.25) is 0 Å². The highest BCUT2D eigenvalue weighted by atomic mass is 32.2. The maximum atomic E-state index is 7.95. The summed E-state index contributed by atoms with van der Waals surface area (Å²) in [4.78, 5) is 5.11. The summed E-state index contributed by atoms with van der Waals surface area (Å²) in [6.45, 7) is 6.43.